The molecule has 0 radical (unpaired) electrons. The fraction of sp³-hybridized carbons (Fsp3) is 0.833. The van der Waals surface area contributed by atoms with E-state index in [9.17, 15) is 9.59 Å². The van der Waals surface area contributed by atoms with E-state index >= 15 is 0 Å². The van der Waals surface area contributed by atoms with Crippen molar-refractivity contribution in [3.63, 3.8) is 0 Å². The molecule has 2 N–H and O–H groups in total. The van der Waals surface area contributed by atoms with E-state index in [0.29, 0.717) is 12.5 Å². The predicted molar refractivity (Wildman–Crippen MR) is 64.7 cm³/mol. The number of hydrogen-bond donors (Lipinski definition) is 2. The minimum atomic E-state index is -1.00. The van der Waals surface area contributed by atoms with Crippen molar-refractivity contribution in [2.75, 3.05) is 19.8 Å². The quantitative estimate of drug-likeness (QED) is 0.632. The molecule has 0 fully saturated rings. The minimum Gasteiger partial charge on any atom is -0.480 e. The van der Waals surface area contributed by atoms with Gasteiger partial charge in [0.25, 0.3) is 0 Å². The lowest BCUT2D eigenvalue weighted by atomic mass is 9.83. The molecule has 5 heteroatoms. The molecule has 0 rings (SSSR count). The van der Waals surface area contributed by atoms with Gasteiger partial charge in [-0.1, -0.05) is 27.7 Å². The van der Waals surface area contributed by atoms with Crippen molar-refractivity contribution in [1.82, 2.24) is 5.32 Å². The molecule has 100 valence electrons. The molecule has 0 saturated carbocycles. The van der Waals surface area contributed by atoms with Crippen LogP contribution in [-0.4, -0.2) is 36.7 Å². The van der Waals surface area contributed by atoms with Gasteiger partial charge in [-0.05, 0) is 12.3 Å². The van der Waals surface area contributed by atoms with Gasteiger partial charge in [-0.15, -0.1) is 0 Å². The number of carboxylic acid groups (broad SMARTS) is 1. The first kappa shape index (κ1) is 15.9. The first-order valence-corrected chi connectivity index (χ1v) is 5.83. The van der Waals surface area contributed by atoms with Crippen LogP contribution in [0.4, 0.5) is 0 Å². The summed E-state index contributed by atoms with van der Waals surface area (Å²) in [6.07, 6.45) is 0.814. The summed E-state index contributed by atoms with van der Waals surface area (Å²) in [6, 6.07) is 0. The summed E-state index contributed by atoms with van der Waals surface area (Å²) in [5.41, 5.74) is -0.402. The second-order valence-electron chi connectivity index (χ2n) is 5.18. The number of carboxylic acids is 1. The summed E-state index contributed by atoms with van der Waals surface area (Å²) >= 11 is 0. The van der Waals surface area contributed by atoms with Gasteiger partial charge in [-0.25, -0.2) is 4.79 Å². The summed E-state index contributed by atoms with van der Waals surface area (Å²) in [5, 5.41) is 11.1. The summed E-state index contributed by atoms with van der Waals surface area (Å²) in [7, 11) is 0. The van der Waals surface area contributed by atoms with Crippen LogP contribution in [0.2, 0.25) is 0 Å². The van der Waals surface area contributed by atoms with Crippen LogP contribution in [0.25, 0.3) is 0 Å². The number of nitrogens with one attached hydrogen (secondary N) is 1. The van der Waals surface area contributed by atoms with Gasteiger partial charge < -0.3 is 15.2 Å². The Hall–Kier alpha value is -1.10. The lowest BCUT2D eigenvalue weighted by molar-refractivity contribution is -0.142. The third kappa shape index (κ3) is 7.74. The van der Waals surface area contributed by atoms with Gasteiger partial charge in [-0.2, -0.15) is 0 Å². The number of rotatable bonds is 8. The van der Waals surface area contributed by atoms with Gasteiger partial charge >= 0.3 is 5.97 Å². The maximum Gasteiger partial charge on any atom is 0.329 e. The molecule has 5 nitrogen and oxygen atoms in total. The standard InChI is InChI=1S/C12H23NO4/c1-9(2)7-12(3,4)11(16)13-5-6-17-8-10(14)15/h9H,5-8H2,1-4H3,(H,13,16)(H,14,15). The Balaban J connectivity index is 3.81. The molecule has 0 heterocycles. The number of carbonyl (C=O) groups excluding carboxylic acids is 1. The van der Waals surface area contributed by atoms with Gasteiger partial charge in [0, 0.05) is 12.0 Å². The Kier molecular flexibility index (Phi) is 6.80. The lowest BCUT2D eigenvalue weighted by Gasteiger charge is -2.25. The zero-order valence-electron chi connectivity index (χ0n) is 11.1. The average Bonchev–Trinajstić information content (AvgIpc) is 2.14. The van der Waals surface area contributed by atoms with E-state index < -0.39 is 11.4 Å². The molecule has 1 amide bonds. The number of ether oxygens (including phenoxy) is 1. The molecule has 0 saturated heterocycles. The molecular formula is C12H23NO4. The number of carbonyl (C=O) groups is 2. The Morgan fingerprint density at radius 3 is 2.41 bits per heavy atom. The van der Waals surface area contributed by atoms with Gasteiger partial charge in [0.1, 0.15) is 6.61 Å². The SMILES string of the molecule is CC(C)CC(C)(C)C(=O)NCCOCC(=O)O. The molecule has 0 aromatic heterocycles. The van der Waals surface area contributed by atoms with Crippen LogP contribution in [0.5, 0.6) is 0 Å². The number of amides is 1. The van der Waals surface area contributed by atoms with E-state index in [2.05, 4.69) is 19.2 Å². The maximum absolute atomic E-state index is 11.8. The van der Waals surface area contributed by atoms with Crippen LogP contribution in [0.3, 0.4) is 0 Å². The first-order chi connectivity index (χ1) is 7.75. The maximum atomic E-state index is 11.8. The van der Waals surface area contributed by atoms with Crippen LogP contribution in [0, 0.1) is 11.3 Å². The van der Waals surface area contributed by atoms with Crippen molar-refractivity contribution in [1.29, 1.82) is 0 Å². The van der Waals surface area contributed by atoms with Crippen molar-refractivity contribution in [3.8, 4) is 0 Å². The van der Waals surface area contributed by atoms with Gasteiger partial charge in [-0.3, -0.25) is 4.79 Å². The average molecular weight is 245 g/mol. The summed E-state index contributed by atoms with van der Waals surface area (Å²) in [5.74, 6) is -0.569. The lowest BCUT2D eigenvalue weighted by Crippen LogP contribution is -2.39. The number of hydrogen-bond acceptors (Lipinski definition) is 3. The monoisotopic (exact) mass is 245 g/mol. The second-order valence-corrected chi connectivity index (χ2v) is 5.18. The van der Waals surface area contributed by atoms with Gasteiger partial charge in [0.05, 0.1) is 6.61 Å². The highest BCUT2D eigenvalue weighted by molar-refractivity contribution is 5.81. The predicted octanol–water partition coefficient (Wildman–Crippen LogP) is 1.28. The van der Waals surface area contributed by atoms with Crippen molar-refractivity contribution in [2.45, 2.75) is 34.1 Å². The first-order valence-electron chi connectivity index (χ1n) is 5.83. The Morgan fingerprint density at radius 2 is 1.94 bits per heavy atom. The molecule has 0 aliphatic carbocycles. The smallest absolute Gasteiger partial charge is 0.329 e. The van der Waals surface area contributed by atoms with Crippen molar-refractivity contribution >= 4 is 11.9 Å². The zero-order chi connectivity index (χ0) is 13.5. The second kappa shape index (κ2) is 7.27. The molecule has 0 atom stereocenters. The van der Waals surface area contributed by atoms with Crippen LogP contribution in [-0.2, 0) is 14.3 Å². The molecule has 0 aromatic rings. The Morgan fingerprint density at radius 1 is 1.35 bits per heavy atom. The molecule has 0 spiro atoms. The number of aliphatic carboxylic acids is 1. The molecular weight excluding hydrogens is 222 g/mol. The van der Waals surface area contributed by atoms with Crippen molar-refractivity contribution in [2.24, 2.45) is 11.3 Å². The van der Waals surface area contributed by atoms with E-state index in [4.69, 9.17) is 9.84 Å². The van der Waals surface area contributed by atoms with Crippen molar-refractivity contribution in [3.05, 3.63) is 0 Å². The third-order valence-corrected chi connectivity index (χ3v) is 2.29. The summed E-state index contributed by atoms with van der Waals surface area (Å²) in [4.78, 5) is 22.0. The Labute approximate surface area is 103 Å². The minimum absolute atomic E-state index is 0.0230. The van der Waals surface area contributed by atoms with Gasteiger partial charge in [0.2, 0.25) is 5.91 Å². The van der Waals surface area contributed by atoms with Crippen LogP contribution >= 0.6 is 0 Å². The molecule has 0 aliphatic heterocycles. The van der Waals surface area contributed by atoms with Crippen LogP contribution in [0.15, 0.2) is 0 Å². The van der Waals surface area contributed by atoms with E-state index in [0.717, 1.165) is 6.42 Å². The topological polar surface area (TPSA) is 75.6 Å². The van der Waals surface area contributed by atoms with E-state index in [1.54, 1.807) is 0 Å². The largest absolute Gasteiger partial charge is 0.480 e. The third-order valence-electron chi connectivity index (χ3n) is 2.29. The molecule has 0 aromatic carbocycles. The molecule has 0 bridgehead atoms. The van der Waals surface area contributed by atoms with E-state index in [1.165, 1.54) is 0 Å². The highest BCUT2D eigenvalue weighted by Crippen LogP contribution is 2.25. The molecule has 17 heavy (non-hydrogen) atoms. The van der Waals surface area contributed by atoms with Gasteiger partial charge in [0.15, 0.2) is 0 Å². The molecule has 0 unspecified atom stereocenters. The fourth-order valence-electron chi connectivity index (χ4n) is 1.75. The zero-order valence-corrected chi connectivity index (χ0v) is 11.1. The molecule has 0 aliphatic rings. The normalized spacial score (nSPS) is 11.6. The van der Waals surface area contributed by atoms with Crippen molar-refractivity contribution < 1.29 is 19.4 Å². The van der Waals surface area contributed by atoms with Crippen LogP contribution in [0.1, 0.15) is 34.1 Å². The highest BCUT2D eigenvalue weighted by Gasteiger charge is 2.27. The Bertz CT molecular complexity index is 261. The summed E-state index contributed by atoms with van der Waals surface area (Å²) < 4.78 is 4.82. The highest BCUT2D eigenvalue weighted by atomic mass is 16.5. The fourth-order valence-corrected chi connectivity index (χ4v) is 1.75. The van der Waals surface area contributed by atoms with Crippen LogP contribution < -0.4 is 5.32 Å². The van der Waals surface area contributed by atoms with E-state index in [1.807, 2.05) is 13.8 Å². The van der Waals surface area contributed by atoms with E-state index in [-0.39, 0.29) is 19.1 Å². The summed E-state index contributed by atoms with van der Waals surface area (Å²) in [6.45, 7) is 8.19.